The van der Waals surface area contributed by atoms with Crippen LogP contribution in [0.2, 0.25) is 0 Å². The molecule has 0 radical (unpaired) electrons. The van der Waals surface area contributed by atoms with Crippen LogP contribution in [0.3, 0.4) is 0 Å². The summed E-state index contributed by atoms with van der Waals surface area (Å²) in [4.78, 5) is 0.237. The minimum Gasteiger partial charge on any atom is -0.324 e. The van der Waals surface area contributed by atoms with Gasteiger partial charge >= 0.3 is 0 Å². The van der Waals surface area contributed by atoms with Crippen molar-refractivity contribution in [2.45, 2.75) is 30.7 Å². The molecule has 0 amide bonds. The molecule has 5 heteroatoms. The van der Waals surface area contributed by atoms with E-state index >= 15 is 0 Å². The van der Waals surface area contributed by atoms with Crippen LogP contribution in [-0.2, 0) is 14.3 Å². The first-order valence-corrected chi connectivity index (χ1v) is 8.01. The van der Waals surface area contributed by atoms with Crippen LogP contribution < -0.4 is 0 Å². The molecule has 19 heavy (non-hydrogen) atoms. The Hall–Kier alpha value is -0.910. The monoisotopic (exact) mass is 284 g/mol. The van der Waals surface area contributed by atoms with Crippen molar-refractivity contribution in [2.75, 3.05) is 27.2 Å². The third-order valence-electron chi connectivity index (χ3n) is 3.99. The highest BCUT2D eigenvalue weighted by Crippen LogP contribution is 2.24. The number of quaternary nitrogens is 1. The van der Waals surface area contributed by atoms with E-state index in [9.17, 15) is 8.42 Å². The zero-order valence-electron chi connectivity index (χ0n) is 11.8. The number of likely N-dealkylation sites (tertiary alicyclic amines) is 1. The Bertz CT molecular complexity index is 534. The lowest BCUT2D eigenvalue weighted by Crippen LogP contribution is -2.46. The van der Waals surface area contributed by atoms with Gasteiger partial charge in [0.15, 0.2) is 0 Å². The van der Waals surface area contributed by atoms with Crippen molar-refractivity contribution in [1.29, 1.82) is 0 Å². The van der Waals surface area contributed by atoms with Crippen LogP contribution in [0.25, 0.3) is 0 Å². The molecule has 0 N–H and O–H groups in total. The molecular weight excluding hydrogens is 262 g/mol. The van der Waals surface area contributed by atoms with Crippen LogP contribution in [0.5, 0.6) is 0 Å². The van der Waals surface area contributed by atoms with Gasteiger partial charge in [0.1, 0.15) is 12.6 Å². The van der Waals surface area contributed by atoms with Gasteiger partial charge in [-0.2, -0.15) is 8.42 Å². The van der Waals surface area contributed by atoms with E-state index in [1.807, 2.05) is 6.92 Å². The molecule has 0 saturated carbocycles. The quantitative estimate of drug-likeness (QED) is 0.627. The standard InChI is InChI=1S/C14H22NO3S/c1-12-6-8-14(9-7-12)19(16,17)18-11-13-5-4-10-15(13,2)3/h6-9,13H,4-5,10-11H2,1-3H3/q+1. The Balaban J connectivity index is 2.04. The molecule has 4 nitrogen and oxygen atoms in total. The summed E-state index contributed by atoms with van der Waals surface area (Å²) in [7, 11) is 0.624. The average Bonchev–Trinajstić information content (AvgIpc) is 2.66. The molecule has 0 bridgehead atoms. The molecule has 0 spiro atoms. The highest BCUT2D eigenvalue weighted by molar-refractivity contribution is 7.86. The van der Waals surface area contributed by atoms with Gasteiger partial charge in [0.25, 0.3) is 10.1 Å². The number of aryl methyl sites for hydroxylation is 1. The average molecular weight is 284 g/mol. The Morgan fingerprint density at radius 2 is 1.89 bits per heavy atom. The summed E-state index contributed by atoms with van der Waals surface area (Å²) < 4.78 is 30.2. The van der Waals surface area contributed by atoms with E-state index in [1.165, 1.54) is 0 Å². The third kappa shape index (κ3) is 3.35. The zero-order chi connectivity index (χ0) is 14.1. The van der Waals surface area contributed by atoms with Gasteiger partial charge in [-0.25, -0.2) is 0 Å². The minimum atomic E-state index is -3.62. The zero-order valence-corrected chi connectivity index (χ0v) is 12.6. The fraction of sp³-hybridized carbons (Fsp3) is 0.571. The molecule has 1 unspecified atom stereocenters. The fourth-order valence-corrected chi connectivity index (χ4v) is 3.43. The van der Waals surface area contributed by atoms with Gasteiger partial charge in [-0.3, -0.25) is 4.18 Å². The second-order valence-corrected chi connectivity index (χ2v) is 7.47. The van der Waals surface area contributed by atoms with Gasteiger partial charge in [0.05, 0.1) is 25.5 Å². The number of rotatable bonds is 4. The number of benzene rings is 1. The Morgan fingerprint density at radius 1 is 1.26 bits per heavy atom. The molecule has 0 aromatic heterocycles. The SMILES string of the molecule is Cc1ccc(S(=O)(=O)OCC2CCC[N+]2(C)C)cc1. The van der Waals surface area contributed by atoms with Gasteiger partial charge in [0, 0.05) is 12.8 Å². The van der Waals surface area contributed by atoms with Crippen molar-refractivity contribution >= 4 is 10.1 Å². The van der Waals surface area contributed by atoms with Gasteiger partial charge in [-0.15, -0.1) is 0 Å². The lowest BCUT2D eigenvalue weighted by atomic mass is 10.2. The largest absolute Gasteiger partial charge is 0.324 e. The van der Waals surface area contributed by atoms with Crippen molar-refractivity contribution in [3.8, 4) is 0 Å². The van der Waals surface area contributed by atoms with Crippen LogP contribution in [0.15, 0.2) is 29.2 Å². The van der Waals surface area contributed by atoms with Crippen LogP contribution in [-0.4, -0.2) is 46.2 Å². The minimum absolute atomic E-state index is 0.237. The summed E-state index contributed by atoms with van der Waals surface area (Å²) in [5.41, 5.74) is 1.03. The second-order valence-electron chi connectivity index (χ2n) is 5.85. The van der Waals surface area contributed by atoms with E-state index < -0.39 is 10.1 Å². The number of likely N-dealkylation sites (N-methyl/N-ethyl adjacent to an activating group) is 1. The lowest BCUT2D eigenvalue weighted by Gasteiger charge is -2.31. The van der Waals surface area contributed by atoms with E-state index in [4.69, 9.17) is 4.18 Å². The van der Waals surface area contributed by atoms with E-state index in [-0.39, 0.29) is 17.5 Å². The molecule has 1 aliphatic heterocycles. The third-order valence-corrected chi connectivity index (χ3v) is 5.28. The number of hydrogen-bond donors (Lipinski definition) is 0. The topological polar surface area (TPSA) is 43.4 Å². The molecule has 1 atom stereocenters. The normalized spacial score (nSPS) is 22.6. The maximum atomic E-state index is 12.1. The summed E-state index contributed by atoms with van der Waals surface area (Å²) in [6.45, 7) is 3.28. The Kier molecular flexibility index (Phi) is 3.99. The van der Waals surface area contributed by atoms with Gasteiger partial charge < -0.3 is 4.48 Å². The summed E-state index contributed by atoms with van der Waals surface area (Å²) in [6, 6.07) is 7.02. The fourth-order valence-electron chi connectivity index (χ4n) is 2.49. The lowest BCUT2D eigenvalue weighted by molar-refractivity contribution is -0.902. The van der Waals surface area contributed by atoms with Crippen molar-refractivity contribution in [2.24, 2.45) is 0 Å². The molecule has 106 valence electrons. The van der Waals surface area contributed by atoms with Crippen LogP contribution in [0.1, 0.15) is 18.4 Å². The van der Waals surface area contributed by atoms with E-state index in [0.29, 0.717) is 0 Å². The predicted molar refractivity (Wildman–Crippen MR) is 74.3 cm³/mol. The first-order valence-electron chi connectivity index (χ1n) is 6.60. The van der Waals surface area contributed by atoms with Gasteiger partial charge in [-0.1, -0.05) is 17.7 Å². The second kappa shape index (κ2) is 5.23. The molecule has 1 heterocycles. The van der Waals surface area contributed by atoms with Crippen molar-refractivity contribution in [3.63, 3.8) is 0 Å². The van der Waals surface area contributed by atoms with Crippen molar-refractivity contribution < 1.29 is 17.1 Å². The van der Waals surface area contributed by atoms with Crippen LogP contribution in [0, 0.1) is 6.92 Å². The van der Waals surface area contributed by atoms with Crippen LogP contribution in [0.4, 0.5) is 0 Å². The first-order chi connectivity index (χ1) is 8.81. The molecule has 1 saturated heterocycles. The molecule has 1 aromatic rings. The maximum Gasteiger partial charge on any atom is 0.297 e. The predicted octanol–water partition coefficient (Wildman–Crippen LogP) is 1.94. The highest BCUT2D eigenvalue weighted by atomic mass is 32.2. The summed E-state index contributed by atoms with van der Waals surface area (Å²) in [5.74, 6) is 0. The van der Waals surface area contributed by atoms with Crippen LogP contribution >= 0.6 is 0 Å². The molecule has 2 rings (SSSR count). The Morgan fingerprint density at radius 3 is 2.42 bits per heavy atom. The van der Waals surface area contributed by atoms with E-state index in [2.05, 4.69) is 14.1 Å². The maximum absolute atomic E-state index is 12.1. The number of hydrogen-bond acceptors (Lipinski definition) is 3. The molecule has 1 aromatic carbocycles. The summed E-state index contributed by atoms with van der Waals surface area (Å²) in [6.07, 6.45) is 2.15. The van der Waals surface area contributed by atoms with E-state index in [1.54, 1.807) is 24.3 Å². The van der Waals surface area contributed by atoms with E-state index in [0.717, 1.165) is 29.4 Å². The van der Waals surface area contributed by atoms with Crippen molar-refractivity contribution in [1.82, 2.24) is 0 Å². The molecular formula is C14H22NO3S+. The molecule has 1 fully saturated rings. The molecule has 0 aliphatic carbocycles. The molecule has 1 aliphatic rings. The smallest absolute Gasteiger partial charge is 0.297 e. The number of nitrogens with zero attached hydrogens (tertiary/aromatic N) is 1. The van der Waals surface area contributed by atoms with Crippen molar-refractivity contribution in [3.05, 3.63) is 29.8 Å². The first kappa shape index (κ1) is 14.5. The summed E-state index contributed by atoms with van der Waals surface area (Å²) in [5, 5.41) is 0. The highest BCUT2D eigenvalue weighted by Gasteiger charge is 2.35. The summed E-state index contributed by atoms with van der Waals surface area (Å²) >= 11 is 0. The van der Waals surface area contributed by atoms with Gasteiger partial charge in [0.2, 0.25) is 0 Å². The van der Waals surface area contributed by atoms with Gasteiger partial charge in [-0.05, 0) is 19.1 Å². The Labute approximate surface area is 115 Å².